The molecule has 0 aliphatic carbocycles. The molecule has 0 bridgehead atoms. The average Bonchev–Trinajstić information content (AvgIpc) is 2.32. The second-order valence-electron chi connectivity index (χ2n) is 4.26. The van der Waals surface area contributed by atoms with E-state index in [2.05, 4.69) is 20.7 Å². The molecule has 1 aromatic rings. The smallest absolute Gasteiger partial charge is 0.215 e. The van der Waals surface area contributed by atoms with E-state index in [1.165, 1.54) is 18.4 Å². The minimum absolute atomic E-state index is 0.00607. The van der Waals surface area contributed by atoms with Crippen LogP contribution in [0, 0.1) is 13.8 Å². The van der Waals surface area contributed by atoms with Crippen molar-refractivity contribution in [3.8, 4) is 0 Å². The molecule has 0 amide bonds. The fourth-order valence-corrected chi connectivity index (χ4v) is 2.15. The van der Waals surface area contributed by atoms with E-state index in [0.29, 0.717) is 17.5 Å². The fourth-order valence-electron chi connectivity index (χ4n) is 1.42. The SMILES string of the molecule is Cc1nc(NN)c(C)c(NCCS(=O)(=O)N(C)C)n1. The highest BCUT2D eigenvalue weighted by molar-refractivity contribution is 7.89. The Hall–Kier alpha value is -1.45. The monoisotopic (exact) mass is 288 g/mol. The summed E-state index contributed by atoms with van der Waals surface area (Å²) in [5, 5.41) is 2.99. The number of anilines is 2. The number of nitrogens with two attached hydrogens (primary N) is 1. The van der Waals surface area contributed by atoms with Gasteiger partial charge in [-0.3, -0.25) is 0 Å². The maximum atomic E-state index is 11.6. The molecule has 108 valence electrons. The van der Waals surface area contributed by atoms with Crippen LogP contribution >= 0.6 is 0 Å². The predicted octanol–water partition coefficient (Wildman–Crippen LogP) is -0.318. The summed E-state index contributed by atoms with van der Waals surface area (Å²) in [6.45, 7) is 3.81. The lowest BCUT2D eigenvalue weighted by Crippen LogP contribution is -2.28. The molecule has 0 radical (unpaired) electrons. The maximum Gasteiger partial charge on any atom is 0.215 e. The number of hydrazine groups is 1. The number of hydrogen-bond donors (Lipinski definition) is 3. The Bertz CT molecular complexity index is 543. The largest absolute Gasteiger partial charge is 0.369 e. The lowest BCUT2D eigenvalue weighted by Gasteiger charge is -2.14. The summed E-state index contributed by atoms with van der Waals surface area (Å²) in [6.07, 6.45) is 0. The Morgan fingerprint density at radius 1 is 1.21 bits per heavy atom. The van der Waals surface area contributed by atoms with Gasteiger partial charge in [-0.25, -0.2) is 28.5 Å². The van der Waals surface area contributed by atoms with Crippen molar-refractivity contribution in [1.29, 1.82) is 0 Å². The van der Waals surface area contributed by atoms with Gasteiger partial charge in [0.05, 0.1) is 5.75 Å². The van der Waals surface area contributed by atoms with E-state index in [-0.39, 0.29) is 12.3 Å². The third-order valence-electron chi connectivity index (χ3n) is 2.60. The molecule has 0 aromatic carbocycles. The summed E-state index contributed by atoms with van der Waals surface area (Å²) in [5.41, 5.74) is 3.23. The number of nitrogens with zero attached hydrogens (tertiary/aromatic N) is 3. The molecule has 0 fully saturated rings. The third kappa shape index (κ3) is 4.01. The quantitative estimate of drug-likeness (QED) is 0.485. The summed E-state index contributed by atoms with van der Waals surface area (Å²) in [7, 11) is -0.208. The first-order valence-corrected chi connectivity index (χ1v) is 7.34. The van der Waals surface area contributed by atoms with Gasteiger partial charge in [0.2, 0.25) is 10.0 Å². The first-order chi connectivity index (χ1) is 8.77. The van der Waals surface area contributed by atoms with Gasteiger partial charge in [0.15, 0.2) is 0 Å². The normalized spacial score (nSPS) is 11.7. The topological polar surface area (TPSA) is 113 Å². The van der Waals surface area contributed by atoms with Crippen molar-refractivity contribution in [2.75, 3.05) is 37.1 Å². The summed E-state index contributed by atoms with van der Waals surface area (Å²) in [4.78, 5) is 8.34. The van der Waals surface area contributed by atoms with Crippen molar-refractivity contribution in [1.82, 2.24) is 14.3 Å². The Morgan fingerprint density at radius 3 is 2.32 bits per heavy atom. The molecular formula is C10H20N6O2S. The summed E-state index contributed by atoms with van der Waals surface area (Å²) < 4.78 is 24.4. The predicted molar refractivity (Wildman–Crippen MR) is 75.3 cm³/mol. The molecule has 9 heteroatoms. The third-order valence-corrected chi connectivity index (χ3v) is 4.44. The summed E-state index contributed by atoms with van der Waals surface area (Å²) >= 11 is 0. The van der Waals surface area contributed by atoms with Crippen LogP contribution in [0.4, 0.5) is 11.6 Å². The van der Waals surface area contributed by atoms with Crippen LogP contribution in [0.15, 0.2) is 0 Å². The molecule has 0 saturated carbocycles. The standard InChI is InChI=1S/C10H20N6O2S/c1-7-9(13-8(2)14-10(7)15-11)12-5-6-19(17,18)16(3)4/h5-6,11H2,1-4H3,(H2,12,13,14,15). The maximum absolute atomic E-state index is 11.6. The Balaban J connectivity index is 2.77. The van der Waals surface area contributed by atoms with Crippen LogP contribution in [-0.2, 0) is 10.0 Å². The Labute approximate surface area is 113 Å². The van der Waals surface area contributed by atoms with Gasteiger partial charge >= 0.3 is 0 Å². The molecule has 0 saturated heterocycles. The van der Waals surface area contributed by atoms with E-state index in [9.17, 15) is 8.42 Å². The highest BCUT2D eigenvalue weighted by Gasteiger charge is 2.14. The molecule has 1 heterocycles. The molecule has 1 rings (SSSR count). The molecule has 0 atom stereocenters. The van der Waals surface area contributed by atoms with Gasteiger partial charge in [0.1, 0.15) is 17.5 Å². The van der Waals surface area contributed by atoms with Crippen molar-refractivity contribution in [2.45, 2.75) is 13.8 Å². The summed E-state index contributed by atoms with van der Waals surface area (Å²) in [6, 6.07) is 0. The van der Waals surface area contributed by atoms with E-state index in [4.69, 9.17) is 5.84 Å². The zero-order chi connectivity index (χ0) is 14.6. The van der Waals surface area contributed by atoms with E-state index < -0.39 is 10.0 Å². The minimum atomic E-state index is -3.22. The highest BCUT2D eigenvalue weighted by Crippen LogP contribution is 2.18. The molecule has 4 N–H and O–H groups in total. The van der Waals surface area contributed by atoms with E-state index in [1.807, 2.05) is 0 Å². The molecule has 0 aliphatic heterocycles. The zero-order valence-corrected chi connectivity index (χ0v) is 12.4. The van der Waals surface area contributed by atoms with Gasteiger partial charge < -0.3 is 10.7 Å². The second-order valence-corrected chi connectivity index (χ2v) is 6.56. The van der Waals surface area contributed by atoms with Crippen molar-refractivity contribution in [2.24, 2.45) is 5.84 Å². The van der Waals surface area contributed by atoms with Crippen LogP contribution in [0.25, 0.3) is 0 Å². The Kier molecular flexibility index (Phi) is 5.04. The molecule has 0 spiro atoms. The number of hydrogen-bond acceptors (Lipinski definition) is 7. The van der Waals surface area contributed by atoms with Crippen LogP contribution in [0.5, 0.6) is 0 Å². The van der Waals surface area contributed by atoms with Crippen molar-refractivity contribution in [3.05, 3.63) is 11.4 Å². The van der Waals surface area contributed by atoms with E-state index in [0.717, 1.165) is 5.56 Å². The first kappa shape index (κ1) is 15.6. The van der Waals surface area contributed by atoms with Crippen molar-refractivity contribution < 1.29 is 8.42 Å². The van der Waals surface area contributed by atoms with Crippen LogP contribution in [0.2, 0.25) is 0 Å². The first-order valence-electron chi connectivity index (χ1n) is 5.74. The molecular weight excluding hydrogens is 268 g/mol. The van der Waals surface area contributed by atoms with Gasteiger partial charge in [-0.15, -0.1) is 0 Å². The number of rotatable bonds is 6. The van der Waals surface area contributed by atoms with Gasteiger partial charge in [-0.2, -0.15) is 0 Å². The van der Waals surface area contributed by atoms with Gasteiger partial charge in [-0.1, -0.05) is 0 Å². The lowest BCUT2D eigenvalue weighted by atomic mass is 10.3. The number of nitrogen functional groups attached to an aromatic ring is 1. The Morgan fingerprint density at radius 2 is 1.79 bits per heavy atom. The zero-order valence-electron chi connectivity index (χ0n) is 11.6. The number of nitrogens with one attached hydrogen (secondary N) is 2. The molecule has 1 aromatic heterocycles. The van der Waals surface area contributed by atoms with Gasteiger partial charge in [0, 0.05) is 26.2 Å². The second kappa shape index (κ2) is 6.13. The van der Waals surface area contributed by atoms with Crippen LogP contribution in [0.3, 0.4) is 0 Å². The van der Waals surface area contributed by atoms with Crippen molar-refractivity contribution >= 4 is 21.7 Å². The fraction of sp³-hybridized carbons (Fsp3) is 0.600. The molecule has 0 aliphatic rings. The van der Waals surface area contributed by atoms with Crippen LogP contribution in [-0.4, -0.2) is 49.1 Å². The van der Waals surface area contributed by atoms with Gasteiger partial charge in [0.25, 0.3) is 0 Å². The van der Waals surface area contributed by atoms with E-state index >= 15 is 0 Å². The van der Waals surface area contributed by atoms with Crippen LogP contribution < -0.4 is 16.6 Å². The molecule has 8 nitrogen and oxygen atoms in total. The van der Waals surface area contributed by atoms with Crippen molar-refractivity contribution in [3.63, 3.8) is 0 Å². The molecule has 19 heavy (non-hydrogen) atoms. The van der Waals surface area contributed by atoms with Gasteiger partial charge in [-0.05, 0) is 13.8 Å². The van der Waals surface area contributed by atoms with Crippen LogP contribution in [0.1, 0.15) is 11.4 Å². The highest BCUT2D eigenvalue weighted by atomic mass is 32.2. The lowest BCUT2D eigenvalue weighted by molar-refractivity contribution is 0.521. The average molecular weight is 288 g/mol. The number of aromatic nitrogens is 2. The number of aryl methyl sites for hydroxylation is 1. The minimum Gasteiger partial charge on any atom is -0.369 e. The number of sulfonamides is 1. The van der Waals surface area contributed by atoms with E-state index in [1.54, 1.807) is 13.8 Å². The molecule has 0 unspecified atom stereocenters. The summed E-state index contributed by atoms with van der Waals surface area (Å²) in [5.74, 6) is 7.00.